The average Bonchev–Trinajstić information content (AvgIpc) is 2.94. The Balaban J connectivity index is 3.09. The van der Waals surface area contributed by atoms with E-state index >= 15 is 0 Å². The molecule has 0 aliphatic carbocycles. The molecule has 0 aromatic heterocycles. The highest BCUT2D eigenvalue weighted by molar-refractivity contribution is 5.69. The number of carbonyl (C=O) groups is 1. The van der Waals surface area contributed by atoms with Gasteiger partial charge in [0.05, 0.1) is 72.7 Å². The van der Waals surface area contributed by atoms with Crippen molar-refractivity contribution in [2.45, 2.75) is 110 Å². The fourth-order valence-electron chi connectivity index (χ4n) is 3.88. The maximum Gasteiger partial charge on any atom is 0.305 e. The van der Waals surface area contributed by atoms with Gasteiger partial charge in [0.2, 0.25) is 0 Å². The summed E-state index contributed by atoms with van der Waals surface area (Å²) in [5, 5.41) is 0. The lowest BCUT2D eigenvalue weighted by molar-refractivity contribution is -0.145. The summed E-state index contributed by atoms with van der Waals surface area (Å²) < 4.78 is 38.2. The lowest BCUT2D eigenvalue weighted by Gasteiger charge is -2.08. The Labute approximate surface area is 240 Å². The van der Waals surface area contributed by atoms with E-state index < -0.39 is 0 Å². The summed E-state index contributed by atoms with van der Waals surface area (Å²) in [7, 11) is 0. The molecular weight excluding hydrogens is 500 g/mol. The van der Waals surface area contributed by atoms with Crippen LogP contribution in [-0.4, -0.2) is 91.9 Å². The standard InChI is InChI=1S/C31H62O8/c1-3-5-7-9-11-12-14-16-18-33-19-20-34-21-22-35-23-24-36-25-26-37-27-28-38-29-30-39-31(32)17-15-13-10-8-6-4-2/h3-30H2,1-2H3. The normalized spacial score (nSPS) is 11.3. The highest BCUT2D eigenvalue weighted by Crippen LogP contribution is 2.08. The first-order valence-corrected chi connectivity index (χ1v) is 15.9. The van der Waals surface area contributed by atoms with Crippen LogP contribution in [0.3, 0.4) is 0 Å². The first-order chi connectivity index (χ1) is 19.3. The molecule has 0 N–H and O–H groups in total. The molecule has 0 fully saturated rings. The molecule has 0 heterocycles. The van der Waals surface area contributed by atoms with Gasteiger partial charge in [-0.1, -0.05) is 90.9 Å². The Morgan fingerprint density at radius 2 is 0.667 bits per heavy atom. The Hall–Kier alpha value is -0.770. The van der Waals surface area contributed by atoms with Crippen LogP contribution in [0.2, 0.25) is 0 Å². The molecule has 0 aliphatic rings. The number of carbonyl (C=O) groups excluding carboxylic acids is 1. The van der Waals surface area contributed by atoms with Gasteiger partial charge < -0.3 is 33.2 Å². The molecule has 0 saturated carbocycles. The van der Waals surface area contributed by atoms with Crippen molar-refractivity contribution in [3.05, 3.63) is 0 Å². The highest BCUT2D eigenvalue weighted by atomic mass is 16.6. The van der Waals surface area contributed by atoms with Crippen LogP contribution in [-0.2, 0) is 38.0 Å². The third-order valence-electron chi connectivity index (χ3n) is 6.23. The van der Waals surface area contributed by atoms with Crippen LogP contribution >= 0.6 is 0 Å². The van der Waals surface area contributed by atoms with Crippen molar-refractivity contribution >= 4 is 5.97 Å². The molecule has 0 aromatic rings. The van der Waals surface area contributed by atoms with E-state index in [1.165, 1.54) is 70.6 Å². The lowest BCUT2D eigenvalue weighted by Crippen LogP contribution is -2.15. The summed E-state index contributed by atoms with van der Waals surface area (Å²) in [6, 6.07) is 0. The average molecular weight is 563 g/mol. The second-order valence-electron chi connectivity index (χ2n) is 9.89. The summed E-state index contributed by atoms with van der Waals surface area (Å²) in [5.41, 5.74) is 0. The topological polar surface area (TPSA) is 81.7 Å². The fourth-order valence-corrected chi connectivity index (χ4v) is 3.88. The van der Waals surface area contributed by atoms with Gasteiger partial charge in [-0.05, 0) is 12.8 Å². The van der Waals surface area contributed by atoms with Gasteiger partial charge in [-0.3, -0.25) is 4.79 Å². The van der Waals surface area contributed by atoms with Crippen molar-refractivity contribution in [2.75, 3.05) is 85.9 Å². The molecular formula is C31H62O8. The van der Waals surface area contributed by atoms with E-state index in [0.29, 0.717) is 85.7 Å². The van der Waals surface area contributed by atoms with E-state index in [-0.39, 0.29) is 5.97 Å². The van der Waals surface area contributed by atoms with Crippen molar-refractivity contribution in [3.63, 3.8) is 0 Å². The van der Waals surface area contributed by atoms with Crippen molar-refractivity contribution in [1.29, 1.82) is 0 Å². The van der Waals surface area contributed by atoms with E-state index in [4.69, 9.17) is 33.2 Å². The molecule has 0 aliphatic heterocycles. The first kappa shape index (κ1) is 38.2. The molecule has 39 heavy (non-hydrogen) atoms. The zero-order valence-corrected chi connectivity index (χ0v) is 25.6. The number of rotatable bonds is 34. The molecule has 0 atom stereocenters. The summed E-state index contributed by atoms with van der Waals surface area (Å²) >= 11 is 0. The first-order valence-electron chi connectivity index (χ1n) is 15.9. The minimum absolute atomic E-state index is 0.131. The summed E-state index contributed by atoms with van der Waals surface area (Å²) in [5.74, 6) is -0.131. The van der Waals surface area contributed by atoms with Gasteiger partial charge in [0.1, 0.15) is 6.61 Å². The fraction of sp³-hybridized carbons (Fsp3) is 0.968. The summed E-state index contributed by atoms with van der Waals surface area (Å²) in [6.07, 6.45) is 18.0. The minimum atomic E-state index is -0.131. The van der Waals surface area contributed by atoms with Gasteiger partial charge in [-0.25, -0.2) is 0 Å². The zero-order valence-electron chi connectivity index (χ0n) is 25.6. The van der Waals surface area contributed by atoms with Gasteiger partial charge in [-0.2, -0.15) is 0 Å². The van der Waals surface area contributed by atoms with Crippen LogP contribution < -0.4 is 0 Å². The zero-order chi connectivity index (χ0) is 28.3. The van der Waals surface area contributed by atoms with Crippen molar-refractivity contribution < 1.29 is 38.0 Å². The van der Waals surface area contributed by atoms with Crippen molar-refractivity contribution in [2.24, 2.45) is 0 Å². The minimum Gasteiger partial charge on any atom is -0.463 e. The maximum absolute atomic E-state index is 11.6. The van der Waals surface area contributed by atoms with Gasteiger partial charge in [0.15, 0.2) is 0 Å². The molecule has 0 radical (unpaired) electrons. The summed E-state index contributed by atoms with van der Waals surface area (Å²) in [6.45, 7) is 11.5. The number of hydrogen-bond donors (Lipinski definition) is 0. The van der Waals surface area contributed by atoms with E-state index in [1.54, 1.807) is 0 Å². The second kappa shape index (κ2) is 35.3. The lowest BCUT2D eigenvalue weighted by atomic mass is 10.1. The van der Waals surface area contributed by atoms with Crippen LogP contribution in [0.25, 0.3) is 0 Å². The van der Waals surface area contributed by atoms with Crippen molar-refractivity contribution in [3.8, 4) is 0 Å². The molecule has 8 heteroatoms. The molecule has 0 bridgehead atoms. The van der Waals surface area contributed by atoms with Crippen LogP contribution in [0.1, 0.15) is 110 Å². The van der Waals surface area contributed by atoms with E-state index in [9.17, 15) is 4.79 Å². The maximum atomic E-state index is 11.6. The predicted octanol–water partition coefficient (Wildman–Crippen LogP) is 6.52. The van der Waals surface area contributed by atoms with Gasteiger partial charge in [-0.15, -0.1) is 0 Å². The van der Waals surface area contributed by atoms with Crippen LogP contribution in [0.5, 0.6) is 0 Å². The molecule has 0 amide bonds. The molecule has 0 unspecified atom stereocenters. The quantitative estimate of drug-likeness (QED) is 0.0648. The Bertz CT molecular complexity index is 464. The monoisotopic (exact) mass is 562 g/mol. The molecule has 234 valence electrons. The van der Waals surface area contributed by atoms with Gasteiger partial charge in [0.25, 0.3) is 0 Å². The SMILES string of the molecule is CCCCCCCCCCOCCOCCOCCOCCOCCOCCOC(=O)CCCCCCCC. The Morgan fingerprint density at radius 3 is 1.08 bits per heavy atom. The van der Waals surface area contributed by atoms with E-state index in [1.807, 2.05) is 0 Å². The van der Waals surface area contributed by atoms with Gasteiger partial charge >= 0.3 is 5.97 Å². The van der Waals surface area contributed by atoms with E-state index in [0.717, 1.165) is 25.9 Å². The van der Waals surface area contributed by atoms with Gasteiger partial charge in [0, 0.05) is 13.0 Å². The molecule has 0 aromatic carbocycles. The van der Waals surface area contributed by atoms with Crippen LogP contribution in [0.15, 0.2) is 0 Å². The molecule has 0 saturated heterocycles. The number of esters is 1. The number of hydrogen-bond acceptors (Lipinski definition) is 8. The van der Waals surface area contributed by atoms with Crippen LogP contribution in [0, 0.1) is 0 Å². The molecule has 0 spiro atoms. The second-order valence-corrected chi connectivity index (χ2v) is 9.89. The van der Waals surface area contributed by atoms with Crippen LogP contribution in [0.4, 0.5) is 0 Å². The third-order valence-corrected chi connectivity index (χ3v) is 6.23. The largest absolute Gasteiger partial charge is 0.463 e. The Kier molecular flexibility index (Phi) is 34.6. The summed E-state index contributed by atoms with van der Waals surface area (Å²) in [4.78, 5) is 11.6. The van der Waals surface area contributed by atoms with Crippen molar-refractivity contribution in [1.82, 2.24) is 0 Å². The smallest absolute Gasteiger partial charge is 0.305 e. The highest BCUT2D eigenvalue weighted by Gasteiger charge is 2.02. The number of unbranched alkanes of at least 4 members (excludes halogenated alkanes) is 12. The third kappa shape index (κ3) is 35.2. The van der Waals surface area contributed by atoms with E-state index in [2.05, 4.69) is 13.8 Å². The molecule has 8 nitrogen and oxygen atoms in total. The predicted molar refractivity (Wildman–Crippen MR) is 156 cm³/mol. The number of ether oxygens (including phenoxy) is 7. The Morgan fingerprint density at radius 1 is 0.359 bits per heavy atom. The molecule has 0 rings (SSSR count).